The number of allylic oxidation sites excluding steroid dienone is 1. The average Bonchev–Trinajstić information content (AvgIpc) is 2.18. The van der Waals surface area contributed by atoms with E-state index in [-0.39, 0.29) is 5.91 Å². The van der Waals surface area contributed by atoms with Crippen LogP contribution in [-0.4, -0.2) is 5.91 Å². The molecule has 1 aromatic rings. The van der Waals surface area contributed by atoms with Crippen LogP contribution >= 0.6 is 0 Å². The maximum Gasteiger partial charge on any atom is 0.241 e. The lowest BCUT2D eigenvalue weighted by Gasteiger charge is -1.85. The van der Waals surface area contributed by atoms with Crippen molar-refractivity contribution in [1.29, 1.82) is 0 Å². The van der Waals surface area contributed by atoms with Crippen molar-refractivity contribution in [2.24, 2.45) is 5.73 Å². The lowest BCUT2D eigenvalue weighted by Crippen LogP contribution is -2.05. The predicted octanol–water partition coefficient (Wildman–Crippen LogP) is 2.77. The average molecular weight is 203 g/mol. The minimum absolute atomic E-state index is 0.375. The van der Waals surface area contributed by atoms with Crippen LogP contribution in [0.5, 0.6) is 0 Å². The summed E-state index contributed by atoms with van der Waals surface area (Å²) in [5, 5.41) is 0. The Morgan fingerprint density at radius 3 is 2.00 bits per heavy atom. The summed E-state index contributed by atoms with van der Waals surface area (Å²) < 4.78 is 0. The normalized spacial score (nSPS) is 8.13. The van der Waals surface area contributed by atoms with Gasteiger partial charge >= 0.3 is 0 Å². The van der Waals surface area contributed by atoms with E-state index in [0.29, 0.717) is 0 Å². The molecule has 2 nitrogen and oxygen atoms in total. The molecule has 0 saturated carbocycles. The number of amides is 1. The van der Waals surface area contributed by atoms with Gasteiger partial charge in [-0.15, -0.1) is 0 Å². The largest absolute Gasteiger partial charge is 0.366 e. The van der Waals surface area contributed by atoms with Crippen molar-refractivity contribution < 1.29 is 4.79 Å². The first kappa shape index (κ1) is 13.2. The van der Waals surface area contributed by atoms with E-state index >= 15 is 0 Å². The van der Waals surface area contributed by atoms with E-state index in [1.54, 1.807) is 0 Å². The smallest absolute Gasteiger partial charge is 0.241 e. The Balaban J connectivity index is 0.000000265. The second-order valence-electron chi connectivity index (χ2n) is 3.24. The number of hydrogen-bond acceptors (Lipinski definition) is 1. The van der Waals surface area contributed by atoms with Crippen molar-refractivity contribution >= 4 is 12.0 Å². The molecule has 0 aliphatic heterocycles. The number of carbonyl (C=O) groups is 1. The van der Waals surface area contributed by atoms with Gasteiger partial charge in [-0.3, -0.25) is 4.79 Å². The molecule has 0 saturated heterocycles. The number of primary amides is 1. The van der Waals surface area contributed by atoms with E-state index in [9.17, 15) is 4.79 Å². The van der Waals surface area contributed by atoms with Crippen LogP contribution < -0.4 is 5.73 Å². The SMILES string of the molecule is C=Cc1ccccc1.CC(C)=CC(N)=O. The summed E-state index contributed by atoms with van der Waals surface area (Å²) in [5.74, 6) is -0.375. The van der Waals surface area contributed by atoms with Crippen LogP contribution in [0.4, 0.5) is 0 Å². The Hall–Kier alpha value is -1.83. The van der Waals surface area contributed by atoms with Gasteiger partial charge in [0.1, 0.15) is 0 Å². The minimum atomic E-state index is -0.375. The maximum atomic E-state index is 9.96. The van der Waals surface area contributed by atoms with Crippen molar-refractivity contribution in [3.05, 3.63) is 54.1 Å². The van der Waals surface area contributed by atoms with Gasteiger partial charge in [-0.1, -0.05) is 48.6 Å². The third kappa shape index (κ3) is 8.50. The molecule has 0 fully saturated rings. The first-order valence-corrected chi connectivity index (χ1v) is 4.68. The molecule has 1 aromatic carbocycles. The number of nitrogens with two attached hydrogens (primary N) is 1. The van der Waals surface area contributed by atoms with Crippen LogP contribution in [0.1, 0.15) is 19.4 Å². The van der Waals surface area contributed by atoms with Crippen LogP contribution in [0, 0.1) is 0 Å². The first-order valence-electron chi connectivity index (χ1n) is 4.68. The van der Waals surface area contributed by atoms with E-state index in [1.165, 1.54) is 11.6 Å². The predicted molar refractivity (Wildman–Crippen MR) is 65.2 cm³/mol. The number of rotatable bonds is 2. The quantitative estimate of drug-likeness (QED) is 0.738. The zero-order valence-electron chi connectivity index (χ0n) is 9.23. The fourth-order valence-electron chi connectivity index (χ4n) is 0.874. The van der Waals surface area contributed by atoms with Gasteiger partial charge < -0.3 is 5.73 Å². The second-order valence-corrected chi connectivity index (χ2v) is 3.24. The molecule has 0 aromatic heterocycles. The Bertz CT molecular complexity index is 335. The molecule has 0 unspecified atom stereocenters. The minimum Gasteiger partial charge on any atom is -0.366 e. The van der Waals surface area contributed by atoms with Crippen molar-refractivity contribution in [3.8, 4) is 0 Å². The fourth-order valence-corrected chi connectivity index (χ4v) is 0.874. The highest BCUT2D eigenvalue weighted by Gasteiger charge is 1.81. The van der Waals surface area contributed by atoms with E-state index < -0.39 is 0 Å². The second kappa shape index (κ2) is 7.56. The van der Waals surface area contributed by atoms with E-state index in [1.807, 2.05) is 50.3 Å². The summed E-state index contributed by atoms with van der Waals surface area (Å²) in [6.45, 7) is 7.28. The molecule has 0 aliphatic carbocycles. The molecule has 0 spiro atoms. The highest BCUT2D eigenvalue weighted by Crippen LogP contribution is 1.97. The standard InChI is InChI=1S/C8H8.C5H9NO/c1-2-8-6-4-3-5-7-8;1-4(2)3-5(6)7/h2-7H,1H2;3H,1-2H3,(H2,6,7). The Labute approximate surface area is 91.1 Å². The van der Waals surface area contributed by atoms with Gasteiger partial charge in [-0.2, -0.15) is 0 Å². The van der Waals surface area contributed by atoms with E-state index in [2.05, 4.69) is 6.58 Å². The Morgan fingerprint density at radius 2 is 1.80 bits per heavy atom. The summed E-state index contributed by atoms with van der Waals surface area (Å²) in [4.78, 5) is 9.96. The summed E-state index contributed by atoms with van der Waals surface area (Å²) >= 11 is 0. The molecule has 0 atom stereocenters. The third-order valence-electron chi connectivity index (χ3n) is 1.47. The van der Waals surface area contributed by atoms with Crippen molar-refractivity contribution in [3.63, 3.8) is 0 Å². The first-order chi connectivity index (χ1) is 7.06. The monoisotopic (exact) mass is 203 g/mol. The molecule has 0 heterocycles. The zero-order chi connectivity index (χ0) is 11.7. The van der Waals surface area contributed by atoms with Gasteiger partial charge in [0.05, 0.1) is 0 Å². The molecule has 80 valence electrons. The summed E-state index contributed by atoms with van der Waals surface area (Å²) in [6, 6.07) is 10.0. The van der Waals surface area contributed by atoms with E-state index in [4.69, 9.17) is 5.73 Å². The molecular weight excluding hydrogens is 186 g/mol. The van der Waals surface area contributed by atoms with Crippen LogP contribution in [0.25, 0.3) is 6.08 Å². The summed E-state index contributed by atoms with van der Waals surface area (Å²) in [6.07, 6.45) is 3.22. The highest BCUT2D eigenvalue weighted by molar-refractivity contribution is 5.86. The number of benzene rings is 1. The lowest BCUT2D eigenvalue weighted by atomic mass is 10.2. The van der Waals surface area contributed by atoms with E-state index in [0.717, 1.165) is 5.57 Å². The lowest BCUT2D eigenvalue weighted by molar-refractivity contribution is -0.113. The molecule has 2 N–H and O–H groups in total. The van der Waals surface area contributed by atoms with Gasteiger partial charge in [0.2, 0.25) is 5.91 Å². The molecule has 1 rings (SSSR count). The molecule has 1 amide bonds. The van der Waals surface area contributed by atoms with Crippen molar-refractivity contribution in [2.75, 3.05) is 0 Å². The van der Waals surface area contributed by atoms with Crippen LogP contribution in [0.3, 0.4) is 0 Å². The molecule has 15 heavy (non-hydrogen) atoms. The molecule has 0 radical (unpaired) electrons. The van der Waals surface area contributed by atoms with Gasteiger partial charge in [0.25, 0.3) is 0 Å². The Morgan fingerprint density at radius 1 is 1.27 bits per heavy atom. The topological polar surface area (TPSA) is 43.1 Å². The van der Waals surface area contributed by atoms with Crippen LogP contribution in [0.2, 0.25) is 0 Å². The van der Waals surface area contributed by atoms with Crippen molar-refractivity contribution in [2.45, 2.75) is 13.8 Å². The molecular formula is C13H17NO. The van der Waals surface area contributed by atoms with Gasteiger partial charge in [0, 0.05) is 6.08 Å². The molecule has 0 bridgehead atoms. The third-order valence-corrected chi connectivity index (χ3v) is 1.47. The molecule has 2 heteroatoms. The van der Waals surface area contributed by atoms with Crippen LogP contribution in [0.15, 0.2) is 48.6 Å². The van der Waals surface area contributed by atoms with Gasteiger partial charge in [-0.05, 0) is 19.4 Å². The maximum absolute atomic E-state index is 9.96. The Kier molecular flexibility index (Phi) is 6.64. The zero-order valence-corrected chi connectivity index (χ0v) is 9.23. The van der Waals surface area contributed by atoms with Gasteiger partial charge in [-0.25, -0.2) is 0 Å². The number of carbonyl (C=O) groups excluding carboxylic acids is 1. The fraction of sp³-hybridized carbons (Fsp3) is 0.154. The molecule has 0 aliphatic rings. The number of hydrogen-bond donors (Lipinski definition) is 1. The summed E-state index contributed by atoms with van der Waals surface area (Å²) in [7, 11) is 0. The van der Waals surface area contributed by atoms with Gasteiger partial charge in [0.15, 0.2) is 0 Å². The van der Waals surface area contributed by atoms with Crippen molar-refractivity contribution in [1.82, 2.24) is 0 Å². The van der Waals surface area contributed by atoms with Crippen LogP contribution in [-0.2, 0) is 4.79 Å². The summed E-state index contributed by atoms with van der Waals surface area (Å²) in [5.41, 5.74) is 6.89. The highest BCUT2D eigenvalue weighted by atomic mass is 16.1.